The maximum absolute atomic E-state index is 13.2. The van der Waals surface area contributed by atoms with Crippen molar-refractivity contribution in [3.8, 4) is 17.0 Å². The second-order valence-corrected chi connectivity index (χ2v) is 8.15. The molecule has 0 aliphatic heterocycles. The molecule has 0 spiro atoms. The van der Waals surface area contributed by atoms with E-state index < -0.39 is 21.8 Å². The number of sulfonamides is 1. The van der Waals surface area contributed by atoms with E-state index in [0.717, 1.165) is 0 Å². The van der Waals surface area contributed by atoms with Crippen LogP contribution in [0.3, 0.4) is 0 Å². The molecular formula is C22H21FN2O6S. The van der Waals surface area contributed by atoms with Crippen LogP contribution in [0.1, 0.15) is 10.4 Å². The molecule has 2 aromatic carbocycles. The highest BCUT2D eigenvalue weighted by Gasteiger charge is 2.20. The molecule has 0 amide bonds. The van der Waals surface area contributed by atoms with E-state index in [1.165, 1.54) is 68.8 Å². The molecule has 0 aliphatic rings. The first-order valence-electron chi connectivity index (χ1n) is 9.44. The van der Waals surface area contributed by atoms with Crippen LogP contribution >= 0.6 is 0 Å². The van der Waals surface area contributed by atoms with E-state index in [9.17, 15) is 17.6 Å². The van der Waals surface area contributed by atoms with Crippen molar-refractivity contribution in [2.75, 3.05) is 32.2 Å². The Labute approximate surface area is 185 Å². The number of halogens is 1. The molecular weight excluding hydrogens is 439 g/mol. The lowest BCUT2D eigenvalue weighted by Gasteiger charge is -2.13. The average Bonchev–Trinajstić information content (AvgIpc) is 2.80. The largest absolute Gasteiger partial charge is 0.495 e. The van der Waals surface area contributed by atoms with Gasteiger partial charge in [-0.3, -0.25) is 4.72 Å². The van der Waals surface area contributed by atoms with E-state index >= 15 is 0 Å². The number of hydrogen-bond acceptors (Lipinski definition) is 7. The third-order valence-electron chi connectivity index (χ3n) is 4.34. The number of anilines is 1. The van der Waals surface area contributed by atoms with Crippen LogP contribution in [0.2, 0.25) is 0 Å². The summed E-state index contributed by atoms with van der Waals surface area (Å²) in [5.41, 5.74) is 1.25. The molecule has 0 aliphatic carbocycles. The monoisotopic (exact) mass is 460 g/mol. The summed E-state index contributed by atoms with van der Waals surface area (Å²) in [5.74, 6) is -0.870. The number of nitrogens with zero attached hydrogens (tertiary/aromatic N) is 1. The summed E-state index contributed by atoms with van der Waals surface area (Å²) in [6.07, 6.45) is 0. The Bertz CT molecular complexity index is 1200. The zero-order valence-electron chi connectivity index (χ0n) is 17.4. The van der Waals surface area contributed by atoms with Crippen LogP contribution in [-0.2, 0) is 19.5 Å². The summed E-state index contributed by atoms with van der Waals surface area (Å²) in [5, 5.41) is -0.232. The Morgan fingerprint density at radius 2 is 1.78 bits per heavy atom. The molecule has 0 fully saturated rings. The SMILES string of the molecule is COCCOC(=O)c1ccc(NS(=O)(=O)c2cccc(-c3ccc(F)cc3)n2)c(OC)c1. The van der Waals surface area contributed by atoms with Crippen LogP contribution in [0.4, 0.5) is 10.1 Å². The summed E-state index contributed by atoms with van der Waals surface area (Å²) in [6, 6.07) is 14.2. The molecule has 1 heterocycles. The molecule has 168 valence electrons. The maximum Gasteiger partial charge on any atom is 0.338 e. The Morgan fingerprint density at radius 3 is 2.47 bits per heavy atom. The number of pyridine rings is 1. The lowest BCUT2D eigenvalue weighted by atomic mass is 10.1. The summed E-state index contributed by atoms with van der Waals surface area (Å²) >= 11 is 0. The van der Waals surface area contributed by atoms with E-state index in [2.05, 4.69) is 9.71 Å². The molecule has 0 bridgehead atoms. The van der Waals surface area contributed by atoms with E-state index in [-0.39, 0.29) is 35.2 Å². The van der Waals surface area contributed by atoms with E-state index in [1.807, 2.05) is 0 Å². The van der Waals surface area contributed by atoms with Crippen LogP contribution in [0.25, 0.3) is 11.3 Å². The average molecular weight is 460 g/mol. The van der Waals surface area contributed by atoms with Crippen molar-refractivity contribution in [3.63, 3.8) is 0 Å². The molecule has 0 unspecified atom stereocenters. The van der Waals surface area contributed by atoms with Crippen molar-refractivity contribution in [1.82, 2.24) is 4.98 Å². The second kappa shape index (κ2) is 10.2. The van der Waals surface area contributed by atoms with Gasteiger partial charge in [0.05, 0.1) is 30.7 Å². The standard InChI is InChI=1S/C22H21FN2O6S/c1-29-12-13-31-22(26)16-8-11-19(20(14-16)30-2)25-32(27,28)21-5-3-4-18(24-21)15-6-9-17(23)10-7-15/h3-11,14,25H,12-13H2,1-2H3. The number of ether oxygens (including phenoxy) is 3. The highest BCUT2D eigenvalue weighted by Crippen LogP contribution is 2.28. The minimum atomic E-state index is -4.08. The van der Waals surface area contributed by atoms with Gasteiger partial charge in [0.15, 0.2) is 5.03 Å². The van der Waals surface area contributed by atoms with Gasteiger partial charge in [-0.1, -0.05) is 6.07 Å². The highest BCUT2D eigenvalue weighted by molar-refractivity contribution is 7.92. The van der Waals surface area contributed by atoms with E-state index in [4.69, 9.17) is 14.2 Å². The molecule has 1 N–H and O–H groups in total. The number of nitrogens with one attached hydrogen (secondary N) is 1. The fourth-order valence-electron chi connectivity index (χ4n) is 2.75. The van der Waals surface area contributed by atoms with Gasteiger partial charge in [0, 0.05) is 12.7 Å². The molecule has 10 heteroatoms. The molecule has 3 rings (SSSR count). The van der Waals surface area contributed by atoms with E-state index in [0.29, 0.717) is 11.3 Å². The number of methoxy groups -OCH3 is 2. The van der Waals surface area contributed by atoms with Crippen LogP contribution in [0, 0.1) is 5.82 Å². The third kappa shape index (κ3) is 5.59. The number of aromatic nitrogens is 1. The summed E-state index contributed by atoms with van der Waals surface area (Å²) in [6.45, 7) is 0.340. The summed E-state index contributed by atoms with van der Waals surface area (Å²) < 4.78 is 56.5. The lowest BCUT2D eigenvalue weighted by Crippen LogP contribution is -2.16. The minimum absolute atomic E-state index is 0.0854. The first kappa shape index (κ1) is 23.2. The predicted octanol–water partition coefficient (Wildman–Crippen LogP) is 3.50. The fourth-order valence-corrected chi connectivity index (χ4v) is 3.79. The van der Waals surface area contributed by atoms with Gasteiger partial charge in [-0.05, 0) is 54.6 Å². The van der Waals surface area contributed by atoms with Crippen LogP contribution in [0.15, 0.2) is 65.7 Å². The molecule has 3 aromatic rings. The Kier molecular flexibility index (Phi) is 7.39. The smallest absolute Gasteiger partial charge is 0.338 e. The van der Waals surface area contributed by atoms with Crippen molar-refractivity contribution in [2.45, 2.75) is 5.03 Å². The van der Waals surface area contributed by atoms with Crippen LogP contribution in [-0.4, -0.2) is 46.8 Å². The Morgan fingerprint density at radius 1 is 1.03 bits per heavy atom. The molecule has 32 heavy (non-hydrogen) atoms. The topological polar surface area (TPSA) is 104 Å². The number of benzene rings is 2. The van der Waals surface area contributed by atoms with Gasteiger partial charge in [-0.15, -0.1) is 0 Å². The Hall–Kier alpha value is -3.50. The quantitative estimate of drug-likeness (QED) is 0.385. The van der Waals surface area contributed by atoms with Gasteiger partial charge >= 0.3 is 5.97 Å². The van der Waals surface area contributed by atoms with Crippen molar-refractivity contribution in [3.05, 3.63) is 72.0 Å². The first-order valence-corrected chi connectivity index (χ1v) is 10.9. The molecule has 8 nitrogen and oxygen atoms in total. The van der Waals surface area contributed by atoms with Crippen LogP contribution < -0.4 is 9.46 Å². The number of carbonyl (C=O) groups is 1. The number of carbonyl (C=O) groups excluding carboxylic acids is 1. The van der Waals surface area contributed by atoms with Crippen molar-refractivity contribution in [1.29, 1.82) is 0 Å². The number of esters is 1. The maximum atomic E-state index is 13.2. The number of hydrogen-bond donors (Lipinski definition) is 1. The zero-order chi connectivity index (χ0) is 23.1. The Balaban J connectivity index is 1.84. The normalized spacial score (nSPS) is 11.1. The van der Waals surface area contributed by atoms with Gasteiger partial charge < -0.3 is 14.2 Å². The molecule has 0 radical (unpaired) electrons. The van der Waals surface area contributed by atoms with Gasteiger partial charge in [-0.25, -0.2) is 14.2 Å². The lowest BCUT2D eigenvalue weighted by molar-refractivity contribution is 0.0388. The predicted molar refractivity (Wildman–Crippen MR) is 116 cm³/mol. The van der Waals surface area contributed by atoms with Crippen LogP contribution in [0.5, 0.6) is 5.75 Å². The molecule has 0 saturated heterocycles. The zero-order valence-corrected chi connectivity index (χ0v) is 18.2. The molecule has 0 saturated carbocycles. The van der Waals surface area contributed by atoms with Gasteiger partial charge in [0.2, 0.25) is 0 Å². The van der Waals surface area contributed by atoms with Gasteiger partial charge in [0.1, 0.15) is 18.2 Å². The summed E-state index contributed by atoms with van der Waals surface area (Å²) in [7, 11) is -1.25. The third-order valence-corrected chi connectivity index (χ3v) is 5.61. The minimum Gasteiger partial charge on any atom is -0.495 e. The van der Waals surface area contributed by atoms with Gasteiger partial charge in [-0.2, -0.15) is 8.42 Å². The van der Waals surface area contributed by atoms with Crippen molar-refractivity contribution >= 4 is 21.7 Å². The van der Waals surface area contributed by atoms with E-state index in [1.54, 1.807) is 6.07 Å². The molecule has 0 atom stereocenters. The highest BCUT2D eigenvalue weighted by atomic mass is 32.2. The second-order valence-electron chi connectivity index (χ2n) is 6.52. The fraction of sp³-hybridized carbons (Fsp3) is 0.182. The molecule has 1 aromatic heterocycles. The summed E-state index contributed by atoms with van der Waals surface area (Å²) in [4.78, 5) is 16.3. The number of rotatable bonds is 9. The van der Waals surface area contributed by atoms with Gasteiger partial charge in [0.25, 0.3) is 10.0 Å². The van der Waals surface area contributed by atoms with Crippen molar-refractivity contribution < 1.29 is 31.8 Å². The first-order chi connectivity index (χ1) is 15.3. The van der Waals surface area contributed by atoms with Crippen molar-refractivity contribution in [2.24, 2.45) is 0 Å².